The molecule has 0 spiro atoms. The van der Waals surface area contributed by atoms with Gasteiger partial charge in [0.05, 0.1) is 19.3 Å². The lowest BCUT2D eigenvalue weighted by Crippen LogP contribution is -2.50. The SMILES string of the molecule is COc1ccc(C2(C)NC(=O)N(NC(=O)CN(C)C(C)c3ccc(-n4cncn4)cc3)C2=O)cc1. The maximum Gasteiger partial charge on any atom is 0.344 e. The lowest BCUT2D eigenvalue weighted by atomic mass is 9.92. The number of imide groups is 1. The zero-order chi connectivity index (χ0) is 25.2. The number of carbonyl (C=O) groups excluding carboxylic acids is 3. The zero-order valence-electron chi connectivity index (χ0n) is 19.9. The topological polar surface area (TPSA) is 122 Å². The van der Waals surface area contributed by atoms with Gasteiger partial charge >= 0.3 is 6.03 Å². The first-order valence-corrected chi connectivity index (χ1v) is 11.0. The third-order valence-corrected chi connectivity index (χ3v) is 6.21. The Labute approximate surface area is 202 Å². The average molecular weight is 478 g/mol. The predicted molar refractivity (Wildman–Crippen MR) is 126 cm³/mol. The average Bonchev–Trinajstić information content (AvgIpc) is 3.47. The lowest BCUT2D eigenvalue weighted by Gasteiger charge is -2.26. The molecule has 2 atom stereocenters. The van der Waals surface area contributed by atoms with E-state index in [1.165, 1.54) is 6.33 Å². The van der Waals surface area contributed by atoms with Gasteiger partial charge in [0.1, 0.15) is 23.9 Å². The minimum Gasteiger partial charge on any atom is -0.497 e. The van der Waals surface area contributed by atoms with Crippen LogP contribution in [-0.4, -0.2) is 63.2 Å². The summed E-state index contributed by atoms with van der Waals surface area (Å²) in [5, 5.41) is 7.50. The van der Waals surface area contributed by atoms with Gasteiger partial charge in [-0.2, -0.15) is 10.1 Å². The number of ether oxygens (including phenoxy) is 1. The van der Waals surface area contributed by atoms with Crippen molar-refractivity contribution in [1.82, 2.24) is 35.4 Å². The van der Waals surface area contributed by atoms with Crippen LogP contribution in [0.2, 0.25) is 0 Å². The van der Waals surface area contributed by atoms with Crippen molar-refractivity contribution in [2.24, 2.45) is 0 Å². The Bertz CT molecular complexity index is 1210. The highest BCUT2D eigenvalue weighted by atomic mass is 16.5. The quantitative estimate of drug-likeness (QED) is 0.474. The van der Waals surface area contributed by atoms with Crippen molar-refractivity contribution in [3.8, 4) is 11.4 Å². The molecule has 0 radical (unpaired) electrons. The Hall–Kier alpha value is -4.25. The summed E-state index contributed by atoms with van der Waals surface area (Å²) in [4.78, 5) is 44.1. The standard InChI is InChI=1S/C24H27N7O4/c1-16(17-5-9-19(10-6-17)30-15-25-14-26-30)29(3)13-21(32)28-31-22(33)24(2,27-23(31)34)18-7-11-20(35-4)12-8-18/h5-12,14-16H,13H2,1-4H3,(H,27,34)(H,28,32). The molecule has 4 rings (SSSR count). The number of nitrogens with one attached hydrogen (secondary N) is 2. The normalized spacial score (nSPS) is 18.5. The lowest BCUT2D eigenvalue weighted by molar-refractivity contribution is -0.139. The molecule has 1 aromatic heterocycles. The fraction of sp³-hybridized carbons (Fsp3) is 0.292. The molecule has 2 unspecified atom stereocenters. The fourth-order valence-electron chi connectivity index (χ4n) is 3.89. The molecule has 0 aliphatic carbocycles. The van der Waals surface area contributed by atoms with E-state index in [9.17, 15) is 14.4 Å². The van der Waals surface area contributed by atoms with E-state index in [1.807, 2.05) is 36.1 Å². The smallest absolute Gasteiger partial charge is 0.344 e. The van der Waals surface area contributed by atoms with Gasteiger partial charge in [-0.25, -0.2) is 14.5 Å². The van der Waals surface area contributed by atoms with Crippen molar-refractivity contribution < 1.29 is 19.1 Å². The third kappa shape index (κ3) is 4.71. The van der Waals surface area contributed by atoms with E-state index < -0.39 is 23.4 Å². The monoisotopic (exact) mass is 477 g/mol. The summed E-state index contributed by atoms with van der Waals surface area (Å²) >= 11 is 0. The highest BCUT2D eigenvalue weighted by Crippen LogP contribution is 2.29. The van der Waals surface area contributed by atoms with Crippen molar-refractivity contribution in [1.29, 1.82) is 0 Å². The van der Waals surface area contributed by atoms with Crippen molar-refractivity contribution in [2.45, 2.75) is 25.4 Å². The molecule has 182 valence electrons. The Morgan fingerprint density at radius 2 is 1.86 bits per heavy atom. The summed E-state index contributed by atoms with van der Waals surface area (Å²) in [6.45, 7) is 3.53. The Kier molecular flexibility index (Phi) is 6.52. The summed E-state index contributed by atoms with van der Waals surface area (Å²) in [6.07, 6.45) is 3.08. The molecular weight excluding hydrogens is 450 g/mol. The molecule has 1 saturated heterocycles. The van der Waals surface area contributed by atoms with Gasteiger partial charge < -0.3 is 10.1 Å². The Balaban J connectivity index is 1.38. The van der Waals surface area contributed by atoms with Crippen LogP contribution in [-0.2, 0) is 15.1 Å². The molecule has 2 heterocycles. The molecule has 11 heteroatoms. The molecule has 1 fully saturated rings. The van der Waals surface area contributed by atoms with Crippen molar-refractivity contribution >= 4 is 17.8 Å². The number of hydrogen-bond acceptors (Lipinski definition) is 7. The van der Waals surface area contributed by atoms with Crippen LogP contribution < -0.4 is 15.5 Å². The molecule has 1 aliphatic rings. The second-order valence-electron chi connectivity index (χ2n) is 8.48. The van der Waals surface area contributed by atoms with E-state index in [1.54, 1.807) is 56.4 Å². The van der Waals surface area contributed by atoms with Crippen molar-refractivity contribution in [2.75, 3.05) is 20.7 Å². The second-order valence-corrected chi connectivity index (χ2v) is 8.48. The molecule has 2 N–H and O–H groups in total. The van der Waals surface area contributed by atoms with Crippen LogP contribution in [0.4, 0.5) is 4.79 Å². The van der Waals surface area contributed by atoms with E-state index in [4.69, 9.17) is 4.74 Å². The molecule has 35 heavy (non-hydrogen) atoms. The Morgan fingerprint density at radius 1 is 1.17 bits per heavy atom. The van der Waals surface area contributed by atoms with E-state index >= 15 is 0 Å². The summed E-state index contributed by atoms with van der Waals surface area (Å²) in [6, 6.07) is 13.8. The number of aromatic nitrogens is 3. The minimum atomic E-state index is -1.30. The number of nitrogens with zero attached hydrogens (tertiary/aromatic N) is 5. The second kappa shape index (κ2) is 9.55. The molecular formula is C24H27N7O4. The largest absolute Gasteiger partial charge is 0.497 e. The number of likely N-dealkylation sites (N-methyl/N-ethyl adjacent to an activating group) is 1. The number of amides is 4. The summed E-state index contributed by atoms with van der Waals surface area (Å²) in [5.74, 6) is -0.425. The van der Waals surface area contributed by atoms with Gasteiger partial charge in [-0.15, -0.1) is 0 Å². The van der Waals surface area contributed by atoms with E-state index in [0.717, 1.165) is 16.3 Å². The summed E-state index contributed by atoms with van der Waals surface area (Å²) < 4.78 is 6.80. The van der Waals surface area contributed by atoms with Crippen LogP contribution in [0.15, 0.2) is 61.2 Å². The maximum atomic E-state index is 13.1. The molecule has 0 saturated carbocycles. The van der Waals surface area contributed by atoms with E-state index in [0.29, 0.717) is 11.3 Å². The summed E-state index contributed by atoms with van der Waals surface area (Å²) in [7, 11) is 3.34. The van der Waals surface area contributed by atoms with Gasteiger partial charge in [-0.1, -0.05) is 24.3 Å². The van der Waals surface area contributed by atoms with Crippen molar-refractivity contribution in [3.63, 3.8) is 0 Å². The predicted octanol–water partition coefficient (Wildman–Crippen LogP) is 1.77. The van der Waals surface area contributed by atoms with Crippen LogP contribution in [0.1, 0.15) is 31.0 Å². The summed E-state index contributed by atoms with van der Waals surface area (Å²) in [5.41, 5.74) is 3.58. The molecule has 4 amide bonds. The van der Waals surface area contributed by atoms with Gasteiger partial charge in [0.25, 0.3) is 11.8 Å². The fourth-order valence-corrected chi connectivity index (χ4v) is 3.89. The van der Waals surface area contributed by atoms with Crippen LogP contribution in [0.5, 0.6) is 5.75 Å². The van der Waals surface area contributed by atoms with Crippen LogP contribution in [0.3, 0.4) is 0 Å². The maximum absolute atomic E-state index is 13.1. The zero-order valence-corrected chi connectivity index (χ0v) is 19.9. The number of urea groups is 1. The first kappa shape index (κ1) is 23.9. The highest BCUT2D eigenvalue weighted by molar-refractivity contribution is 6.08. The van der Waals surface area contributed by atoms with E-state index in [-0.39, 0.29) is 12.6 Å². The number of hydrazine groups is 1. The van der Waals surface area contributed by atoms with Crippen molar-refractivity contribution in [3.05, 3.63) is 72.3 Å². The van der Waals surface area contributed by atoms with Gasteiger partial charge in [-0.05, 0) is 56.3 Å². The number of hydrogen-bond donors (Lipinski definition) is 2. The third-order valence-electron chi connectivity index (χ3n) is 6.21. The van der Waals surface area contributed by atoms with Crippen LogP contribution >= 0.6 is 0 Å². The van der Waals surface area contributed by atoms with Gasteiger partial charge in [0, 0.05) is 6.04 Å². The minimum absolute atomic E-state index is 0.0255. The number of carbonyl (C=O) groups is 3. The first-order chi connectivity index (χ1) is 16.7. The van der Waals surface area contributed by atoms with Gasteiger partial charge in [0.15, 0.2) is 0 Å². The van der Waals surface area contributed by atoms with Gasteiger partial charge in [0.2, 0.25) is 0 Å². The molecule has 11 nitrogen and oxygen atoms in total. The van der Waals surface area contributed by atoms with Crippen LogP contribution in [0, 0.1) is 0 Å². The molecule has 0 bridgehead atoms. The number of benzene rings is 2. The Morgan fingerprint density at radius 3 is 2.46 bits per heavy atom. The van der Waals surface area contributed by atoms with Gasteiger partial charge in [-0.3, -0.25) is 19.9 Å². The molecule has 2 aromatic carbocycles. The molecule has 1 aliphatic heterocycles. The van der Waals surface area contributed by atoms with E-state index in [2.05, 4.69) is 20.8 Å². The number of methoxy groups -OCH3 is 1. The molecule has 3 aromatic rings. The first-order valence-electron chi connectivity index (χ1n) is 11.0. The number of rotatable bonds is 8. The highest BCUT2D eigenvalue weighted by Gasteiger charge is 2.50. The van der Waals surface area contributed by atoms with Crippen LogP contribution in [0.25, 0.3) is 5.69 Å².